The minimum Gasteiger partial charge on any atom is -0.294 e. The maximum absolute atomic E-state index is 12.3. The predicted octanol–water partition coefficient (Wildman–Crippen LogP) is 3.12. The van der Waals surface area contributed by atoms with Gasteiger partial charge in [0.2, 0.25) is 0 Å². The average molecular weight is 270 g/mol. The van der Waals surface area contributed by atoms with Crippen molar-refractivity contribution >= 4 is 21.6 Å². The minimum atomic E-state index is 0.0400. The Morgan fingerprint density at radius 2 is 2.05 bits per heavy atom. The van der Waals surface area contributed by atoms with Gasteiger partial charge in [0.25, 0.3) is 5.56 Å². The SMILES string of the molecule is Cc1ccc(Cn2cnc3ccsc3c2=O)cc1C. The third-order valence-corrected chi connectivity index (χ3v) is 4.25. The standard InChI is InChI=1S/C15H14N2OS/c1-10-3-4-12(7-11(10)2)8-17-9-16-13-5-6-19-14(13)15(17)18/h3-7,9H,8H2,1-2H3. The Labute approximate surface area is 115 Å². The lowest BCUT2D eigenvalue weighted by Gasteiger charge is -2.07. The molecule has 0 radical (unpaired) electrons. The first-order valence-corrected chi connectivity index (χ1v) is 7.02. The summed E-state index contributed by atoms with van der Waals surface area (Å²) in [4.78, 5) is 16.6. The zero-order valence-corrected chi connectivity index (χ0v) is 11.7. The van der Waals surface area contributed by atoms with Gasteiger partial charge < -0.3 is 0 Å². The molecule has 0 aliphatic rings. The summed E-state index contributed by atoms with van der Waals surface area (Å²) in [7, 11) is 0. The molecule has 0 aliphatic carbocycles. The molecule has 1 aromatic carbocycles. The number of hydrogen-bond donors (Lipinski definition) is 0. The average Bonchev–Trinajstić information content (AvgIpc) is 2.86. The summed E-state index contributed by atoms with van der Waals surface area (Å²) >= 11 is 1.45. The van der Waals surface area contributed by atoms with Gasteiger partial charge in [0.05, 0.1) is 18.4 Å². The van der Waals surface area contributed by atoms with E-state index in [1.54, 1.807) is 10.9 Å². The van der Waals surface area contributed by atoms with E-state index in [-0.39, 0.29) is 5.56 Å². The van der Waals surface area contributed by atoms with Crippen molar-refractivity contribution in [3.05, 3.63) is 63.0 Å². The highest BCUT2D eigenvalue weighted by molar-refractivity contribution is 7.17. The molecule has 0 atom stereocenters. The van der Waals surface area contributed by atoms with E-state index in [0.717, 1.165) is 15.8 Å². The van der Waals surface area contributed by atoms with E-state index in [1.807, 2.05) is 11.4 Å². The number of benzene rings is 1. The van der Waals surface area contributed by atoms with Crippen LogP contribution >= 0.6 is 11.3 Å². The van der Waals surface area contributed by atoms with Gasteiger partial charge in [-0.1, -0.05) is 18.2 Å². The van der Waals surface area contributed by atoms with Crippen molar-refractivity contribution in [3.63, 3.8) is 0 Å². The van der Waals surface area contributed by atoms with Crippen LogP contribution in [0.3, 0.4) is 0 Å². The van der Waals surface area contributed by atoms with Gasteiger partial charge in [-0.3, -0.25) is 9.36 Å². The summed E-state index contributed by atoms with van der Waals surface area (Å²) in [5.41, 5.74) is 4.46. The lowest BCUT2D eigenvalue weighted by atomic mass is 10.1. The maximum Gasteiger partial charge on any atom is 0.271 e. The van der Waals surface area contributed by atoms with Crippen molar-refractivity contribution in [3.8, 4) is 0 Å². The second-order valence-electron chi connectivity index (χ2n) is 4.73. The molecule has 2 aromatic heterocycles. The molecule has 0 N–H and O–H groups in total. The largest absolute Gasteiger partial charge is 0.294 e. The first-order chi connectivity index (χ1) is 9.15. The van der Waals surface area contributed by atoms with Gasteiger partial charge in [0, 0.05) is 0 Å². The van der Waals surface area contributed by atoms with Crippen molar-refractivity contribution < 1.29 is 0 Å². The molecule has 0 saturated carbocycles. The normalized spacial score (nSPS) is 11.1. The Bertz CT molecular complexity index is 801. The molecule has 0 bridgehead atoms. The molecule has 0 unspecified atom stereocenters. The van der Waals surface area contributed by atoms with Gasteiger partial charge in [-0.2, -0.15) is 0 Å². The third-order valence-electron chi connectivity index (χ3n) is 3.36. The first-order valence-electron chi connectivity index (χ1n) is 6.14. The highest BCUT2D eigenvalue weighted by atomic mass is 32.1. The van der Waals surface area contributed by atoms with Crippen LogP contribution in [0.15, 0.2) is 40.8 Å². The zero-order valence-electron chi connectivity index (χ0n) is 10.9. The van der Waals surface area contributed by atoms with Crippen LogP contribution < -0.4 is 5.56 Å². The third kappa shape index (κ3) is 2.19. The molecule has 3 rings (SSSR count). The van der Waals surface area contributed by atoms with E-state index < -0.39 is 0 Å². The first kappa shape index (κ1) is 12.1. The molecular weight excluding hydrogens is 256 g/mol. The van der Waals surface area contributed by atoms with Crippen molar-refractivity contribution in [2.24, 2.45) is 0 Å². The lowest BCUT2D eigenvalue weighted by Crippen LogP contribution is -2.20. The number of fused-ring (bicyclic) bond motifs is 1. The molecule has 0 fully saturated rings. The number of rotatable bonds is 2. The Hall–Kier alpha value is -1.94. The van der Waals surface area contributed by atoms with E-state index in [2.05, 4.69) is 37.0 Å². The molecule has 0 saturated heterocycles. The molecule has 3 aromatic rings. The van der Waals surface area contributed by atoms with Crippen LogP contribution in [-0.2, 0) is 6.54 Å². The summed E-state index contributed by atoms with van der Waals surface area (Å²) in [5.74, 6) is 0. The van der Waals surface area contributed by atoms with E-state index in [9.17, 15) is 4.79 Å². The molecule has 0 aliphatic heterocycles. The van der Waals surface area contributed by atoms with Crippen LogP contribution in [0.2, 0.25) is 0 Å². The van der Waals surface area contributed by atoms with Crippen molar-refractivity contribution in [1.29, 1.82) is 0 Å². The number of hydrogen-bond acceptors (Lipinski definition) is 3. The maximum atomic E-state index is 12.3. The molecule has 96 valence electrons. The summed E-state index contributed by atoms with van der Waals surface area (Å²) < 4.78 is 2.40. The van der Waals surface area contributed by atoms with Crippen LogP contribution in [0.25, 0.3) is 10.2 Å². The van der Waals surface area contributed by atoms with E-state index in [1.165, 1.54) is 22.5 Å². The highest BCUT2D eigenvalue weighted by Crippen LogP contribution is 2.14. The summed E-state index contributed by atoms with van der Waals surface area (Å²) in [6, 6.07) is 8.16. The van der Waals surface area contributed by atoms with Crippen LogP contribution in [0.4, 0.5) is 0 Å². The monoisotopic (exact) mass is 270 g/mol. The van der Waals surface area contributed by atoms with Crippen molar-refractivity contribution in [2.45, 2.75) is 20.4 Å². The van der Waals surface area contributed by atoms with E-state index in [4.69, 9.17) is 0 Å². The second-order valence-corrected chi connectivity index (χ2v) is 5.65. The fraction of sp³-hybridized carbons (Fsp3) is 0.200. The van der Waals surface area contributed by atoms with E-state index in [0.29, 0.717) is 6.54 Å². The number of aromatic nitrogens is 2. The number of aryl methyl sites for hydroxylation is 2. The van der Waals surface area contributed by atoms with Crippen LogP contribution in [0.5, 0.6) is 0 Å². The minimum absolute atomic E-state index is 0.0400. The molecule has 4 heteroatoms. The number of thiophene rings is 1. The van der Waals surface area contributed by atoms with Gasteiger partial charge in [0.1, 0.15) is 4.70 Å². The van der Waals surface area contributed by atoms with Crippen LogP contribution in [-0.4, -0.2) is 9.55 Å². The Morgan fingerprint density at radius 1 is 1.21 bits per heavy atom. The summed E-state index contributed by atoms with van der Waals surface area (Å²) in [6.45, 7) is 4.74. The van der Waals surface area contributed by atoms with Gasteiger partial charge >= 0.3 is 0 Å². The molecule has 2 heterocycles. The summed E-state index contributed by atoms with van der Waals surface area (Å²) in [5, 5.41) is 1.90. The Balaban J connectivity index is 2.03. The molecule has 0 amide bonds. The molecule has 3 nitrogen and oxygen atoms in total. The van der Waals surface area contributed by atoms with Gasteiger partial charge in [-0.05, 0) is 42.0 Å². The number of nitrogens with zero attached hydrogens (tertiary/aromatic N) is 2. The second kappa shape index (κ2) is 4.63. The van der Waals surface area contributed by atoms with Gasteiger partial charge in [-0.15, -0.1) is 11.3 Å². The predicted molar refractivity (Wildman–Crippen MR) is 78.9 cm³/mol. The quantitative estimate of drug-likeness (QED) is 0.717. The molecular formula is C15H14N2OS. The smallest absolute Gasteiger partial charge is 0.271 e. The van der Waals surface area contributed by atoms with Crippen molar-refractivity contribution in [2.75, 3.05) is 0 Å². The molecule has 19 heavy (non-hydrogen) atoms. The fourth-order valence-electron chi connectivity index (χ4n) is 2.09. The van der Waals surface area contributed by atoms with Gasteiger partial charge in [0.15, 0.2) is 0 Å². The Morgan fingerprint density at radius 3 is 2.84 bits per heavy atom. The summed E-state index contributed by atoms with van der Waals surface area (Å²) in [6.07, 6.45) is 1.63. The zero-order chi connectivity index (χ0) is 13.4. The fourth-order valence-corrected chi connectivity index (χ4v) is 2.88. The van der Waals surface area contributed by atoms with Crippen LogP contribution in [0.1, 0.15) is 16.7 Å². The van der Waals surface area contributed by atoms with Gasteiger partial charge in [-0.25, -0.2) is 4.98 Å². The lowest BCUT2D eigenvalue weighted by molar-refractivity contribution is 0.749. The van der Waals surface area contributed by atoms with Crippen molar-refractivity contribution in [1.82, 2.24) is 9.55 Å². The topological polar surface area (TPSA) is 34.9 Å². The highest BCUT2D eigenvalue weighted by Gasteiger charge is 2.06. The molecule has 0 spiro atoms. The van der Waals surface area contributed by atoms with Crippen LogP contribution in [0, 0.1) is 13.8 Å². The van der Waals surface area contributed by atoms with E-state index >= 15 is 0 Å². The Kier molecular flexibility index (Phi) is 2.95.